The van der Waals surface area contributed by atoms with Crippen molar-refractivity contribution < 1.29 is 31.5 Å². The van der Waals surface area contributed by atoms with Crippen LogP contribution in [0.1, 0.15) is 5.56 Å². The van der Waals surface area contributed by atoms with E-state index >= 15 is 0 Å². The average Bonchev–Trinajstić information content (AvgIpc) is 2.26. The highest BCUT2D eigenvalue weighted by atomic mass is 19.4. The van der Waals surface area contributed by atoms with Gasteiger partial charge in [-0.3, -0.25) is 0 Å². The summed E-state index contributed by atoms with van der Waals surface area (Å²) in [5, 5.41) is 1.87. The number of rotatable bonds is 3. The minimum Gasteiger partial charge on any atom is -0.440 e. The topological polar surface area (TPSA) is 38.3 Å². The quantitative estimate of drug-likeness (QED) is 0.857. The second-order valence-corrected chi connectivity index (χ2v) is 3.28. The van der Waals surface area contributed by atoms with Gasteiger partial charge in [0.2, 0.25) is 0 Å². The summed E-state index contributed by atoms with van der Waals surface area (Å²) in [5.74, 6) is -1.51. The van der Waals surface area contributed by atoms with Gasteiger partial charge >= 0.3 is 12.3 Å². The van der Waals surface area contributed by atoms with Crippen LogP contribution in [0.4, 0.5) is 26.7 Å². The van der Waals surface area contributed by atoms with Gasteiger partial charge in [0.1, 0.15) is 11.6 Å². The molecule has 0 radical (unpaired) electrons. The lowest BCUT2D eigenvalue weighted by molar-refractivity contribution is -0.160. The molecule has 8 heteroatoms. The Morgan fingerprint density at radius 3 is 2.56 bits per heavy atom. The van der Waals surface area contributed by atoms with Gasteiger partial charge in [-0.05, 0) is 18.2 Å². The molecular formula is C10H8F5NO2. The molecule has 0 fully saturated rings. The van der Waals surface area contributed by atoms with Gasteiger partial charge in [0.25, 0.3) is 0 Å². The normalized spacial score (nSPS) is 11.2. The third-order valence-electron chi connectivity index (χ3n) is 1.80. The van der Waals surface area contributed by atoms with Gasteiger partial charge in [-0.25, -0.2) is 13.6 Å². The maximum atomic E-state index is 13.1. The molecule has 1 amide bonds. The first-order chi connectivity index (χ1) is 8.28. The van der Waals surface area contributed by atoms with Crippen LogP contribution in [0.25, 0.3) is 0 Å². The first-order valence-electron chi connectivity index (χ1n) is 4.69. The molecule has 0 unspecified atom stereocenters. The highest BCUT2D eigenvalue weighted by Crippen LogP contribution is 2.14. The third-order valence-corrected chi connectivity index (χ3v) is 1.80. The van der Waals surface area contributed by atoms with Gasteiger partial charge < -0.3 is 10.1 Å². The molecule has 0 saturated carbocycles. The van der Waals surface area contributed by atoms with Crippen molar-refractivity contribution in [1.29, 1.82) is 0 Å². The Bertz CT molecular complexity index is 433. The van der Waals surface area contributed by atoms with Gasteiger partial charge in [-0.15, -0.1) is 0 Å². The molecule has 0 saturated heterocycles. The summed E-state index contributed by atoms with van der Waals surface area (Å²) in [6.45, 7) is -2.22. The molecule has 3 nitrogen and oxygen atoms in total. The van der Waals surface area contributed by atoms with Gasteiger partial charge in [0.05, 0.1) is 0 Å². The second kappa shape index (κ2) is 5.65. The summed E-state index contributed by atoms with van der Waals surface area (Å²) in [5.41, 5.74) is -0.195. The van der Waals surface area contributed by atoms with Crippen molar-refractivity contribution in [2.45, 2.75) is 12.7 Å². The molecule has 1 rings (SSSR count). The van der Waals surface area contributed by atoms with E-state index in [4.69, 9.17) is 0 Å². The van der Waals surface area contributed by atoms with Crippen LogP contribution >= 0.6 is 0 Å². The molecule has 0 spiro atoms. The smallest absolute Gasteiger partial charge is 0.422 e. The van der Waals surface area contributed by atoms with Crippen molar-refractivity contribution >= 4 is 6.09 Å². The molecule has 100 valence electrons. The molecule has 0 aromatic heterocycles. The fourth-order valence-corrected chi connectivity index (χ4v) is 1.04. The van der Waals surface area contributed by atoms with Crippen molar-refractivity contribution in [3.63, 3.8) is 0 Å². The van der Waals surface area contributed by atoms with Crippen molar-refractivity contribution in [1.82, 2.24) is 5.32 Å². The lowest BCUT2D eigenvalue weighted by atomic mass is 10.2. The van der Waals surface area contributed by atoms with Gasteiger partial charge in [0.15, 0.2) is 6.61 Å². The number of amides is 1. The van der Waals surface area contributed by atoms with Crippen LogP contribution in [0, 0.1) is 11.6 Å². The average molecular weight is 269 g/mol. The number of ether oxygens (including phenoxy) is 1. The largest absolute Gasteiger partial charge is 0.440 e. The van der Waals surface area contributed by atoms with Gasteiger partial charge in [0, 0.05) is 12.1 Å². The monoisotopic (exact) mass is 269 g/mol. The summed E-state index contributed by atoms with van der Waals surface area (Å²) in [7, 11) is 0. The van der Waals surface area contributed by atoms with Crippen LogP contribution < -0.4 is 5.32 Å². The Kier molecular flexibility index (Phi) is 4.46. The van der Waals surface area contributed by atoms with Crippen LogP contribution in [0.15, 0.2) is 18.2 Å². The summed E-state index contributed by atoms with van der Waals surface area (Å²) in [6, 6.07) is 2.54. The Morgan fingerprint density at radius 1 is 1.28 bits per heavy atom. The molecular weight excluding hydrogens is 261 g/mol. The van der Waals surface area contributed by atoms with E-state index < -0.39 is 37.1 Å². The number of alkyl carbamates (subject to hydrolysis) is 1. The zero-order valence-corrected chi connectivity index (χ0v) is 8.85. The zero-order chi connectivity index (χ0) is 13.8. The van der Waals surface area contributed by atoms with Gasteiger partial charge in [-0.1, -0.05) is 0 Å². The van der Waals surface area contributed by atoms with Crippen LogP contribution in [-0.4, -0.2) is 18.9 Å². The van der Waals surface area contributed by atoms with E-state index in [1.807, 2.05) is 5.32 Å². The number of benzene rings is 1. The highest BCUT2D eigenvalue weighted by Gasteiger charge is 2.29. The molecule has 0 heterocycles. The minimum absolute atomic E-state index is 0.195. The van der Waals surface area contributed by atoms with Crippen molar-refractivity contribution in [2.75, 3.05) is 6.61 Å². The lowest BCUT2D eigenvalue weighted by Crippen LogP contribution is -2.28. The van der Waals surface area contributed by atoms with E-state index in [1.165, 1.54) is 0 Å². The number of hydrogen-bond donors (Lipinski definition) is 1. The first kappa shape index (κ1) is 14.2. The van der Waals surface area contributed by atoms with Crippen molar-refractivity contribution in [3.05, 3.63) is 35.4 Å². The molecule has 1 aromatic carbocycles. The molecule has 1 N–H and O–H groups in total. The number of hydrogen-bond acceptors (Lipinski definition) is 2. The molecule has 18 heavy (non-hydrogen) atoms. The zero-order valence-electron chi connectivity index (χ0n) is 8.85. The predicted molar refractivity (Wildman–Crippen MR) is 50.6 cm³/mol. The fourth-order valence-electron chi connectivity index (χ4n) is 1.04. The van der Waals surface area contributed by atoms with E-state index in [2.05, 4.69) is 4.74 Å². The standard InChI is InChI=1S/C10H8F5NO2/c11-7-1-2-8(12)6(3-7)4-16-9(17)18-5-10(13,14)15/h1-3H,4-5H2,(H,16,17). The third kappa shape index (κ3) is 4.98. The van der Waals surface area contributed by atoms with Crippen molar-refractivity contribution in [3.8, 4) is 0 Å². The Morgan fingerprint density at radius 2 is 1.94 bits per heavy atom. The summed E-state index contributed by atoms with van der Waals surface area (Å²) >= 11 is 0. The second-order valence-electron chi connectivity index (χ2n) is 3.28. The fraction of sp³-hybridized carbons (Fsp3) is 0.300. The van der Waals surface area contributed by atoms with E-state index in [1.54, 1.807) is 0 Å². The van der Waals surface area contributed by atoms with E-state index in [-0.39, 0.29) is 5.56 Å². The lowest BCUT2D eigenvalue weighted by Gasteiger charge is -2.09. The van der Waals surface area contributed by atoms with Crippen LogP contribution in [0.3, 0.4) is 0 Å². The van der Waals surface area contributed by atoms with E-state index in [9.17, 15) is 26.7 Å². The van der Waals surface area contributed by atoms with E-state index in [0.29, 0.717) is 0 Å². The molecule has 0 atom stereocenters. The summed E-state index contributed by atoms with van der Waals surface area (Å²) < 4.78 is 64.6. The molecule has 0 aliphatic carbocycles. The summed E-state index contributed by atoms with van der Waals surface area (Å²) in [6.07, 6.45) is -6.00. The van der Waals surface area contributed by atoms with Gasteiger partial charge in [-0.2, -0.15) is 13.2 Å². The molecule has 1 aromatic rings. The first-order valence-corrected chi connectivity index (χ1v) is 4.69. The van der Waals surface area contributed by atoms with Crippen LogP contribution in [0.5, 0.6) is 0 Å². The number of alkyl halides is 3. The highest BCUT2D eigenvalue weighted by molar-refractivity contribution is 5.67. The minimum atomic E-state index is -4.64. The molecule has 0 bridgehead atoms. The maximum Gasteiger partial charge on any atom is 0.422 e. The summed E-state index contributed by atoms with van der Waals surface area (Å²) in [4.78, 5) is 10.8. The maximum absolute atomic E-state index is 13.1. The Labute approximate surface area is 98.5 Å². The van der Waals surface area contributed by atoms with Crippen LogP contribution in [-0.2, 0) is 11.3 Å². The predicted octanol–water partition coefficient (Wildman–Crippen LogP) is 2.75. The van der Waals surface area contributed by atoms with Crippen LogP contribution in [0.2, 0.25) is 0 Å². The number of nitrogens with one attached hydrogen (secondary N) is 1. The number of halogens is 5. The Hall–Kier alpha value is -1.86. The number of carbonyl (C=O) groups is 1. The molecule has 0 aliphatic rings. The molecule has 0 aliphatic heterocycles. The Balaban J connectivity index is 2.45. The van der Waals surface area contributed by atoms with E-state index in [0.717, 1.165) is 18.2 Å². The SMILES string of the molecule is O=C(NCc1cc(F)ccc1F)OCC(F)(F)F. The number of carbonyl (C=O) groups excluding carboxylic acids is 1. The van der Waals surface area contributed by atoms with Crippen molar-refractivity contribution in [2.24, 2.45) is 0 Å².